The van der Waals surface area contributed by atoms with Gasteiger partial charge in [0, 0.05) is 18.5 Å². The number of hydrogen-bond donors (Lipinski definition) is 2. The van der Waals surface area contributed by atoms with Crippen molar-refractivity contribution in [1.82, 2.24) is 24.6 Å². The second-order valence-corrected chi connectivity index (χ2v) is 10.2. The van der Waals surface area contributed by atoms with Crippen LogP contribution in [0.25, 0.3) is 16.7 Å². The number of phenols is 1. The number of likely N-dealkylation sites (tertiary alicyclic amines) is 1. The van der Waals surface area contributed by atoms with Gasteiger partial charge in [-0.05, 0) is 55.6 Å². The summed E-state index contributed by atoms with van der Waals surface area (Å²) >= 11 is 13.2. The van der Waals surface area contributed by atoms with Crippen molar-refractivity contribution in [1.29, 1.82) is 0 Å². The molecule has 2 aromatic carbocycles. The fraction of sp³-hybridized carbons (Fsp3) is 0.346. The molecule has 0 atom stereocenters. The van der Waals surface area contributed by atoms with E-state index in [4.69, 9.17) is 23.2 Å². The zero-order valence-electron chi connectivity index (χ0n) is 19.7. The molecule has 0 saturated carbocycles. The second-order valence-electron chi connectivity index (χ2n) is 9.35. The van der Waals surface area contributed by atoms with Crippen molar-refractivity contribution < 1.29 is 5.11 Å². The Balaban J connectivity index is 1.62. The largest absolute Gasteiger partial charge is 0.508 e. The zero-order valence-corrected chi connectivity index (χ0v) is 21.2. The van der Waals surface area contributed by atoms with E-state index in [0.29, 0.717) is 44.7 Å². The van der Waals surface area contributed by atoms with Gasteiger partial charge in [-0.1, -0.05) is 55.2 Å². The number of H-pyrrole nitrogens is 1. The fourth-order valence-corrected chi connectivity index (χ4v) is 5.33. The molecule has 7 nitrogen and oxygen atoms in total. The summed E-state index contributed by atoms with van der Waals surface area (Å²) in [6, 6.07) is 10.9. The minimum Gasteiger partial charge on any atom is -0.508 e. The number of fused-ring (bicyclic) bond motifs is 1. The maximum absolute atomic E-state index is 13.1. The van der Waals surface area contributed by atoms with Crippen molar-refractivity contribution in [2.24, 2.45) is 0 Å². The number of rotatable bonds is 6. The zero-order chi connectivity index (χ0) is 24.7. The van der Waals surface area contributed by atoms with Crippen molar-refractivity contribution in [3.8, 4) is 11.4 Å². The van der Waals surface area contributed by atoms with Crippen LogP contribution in [0, 0.1) is 0 Å². The van der Waals surface area contributed by atoms with Gasteiger partial charge < -0.3 is 5.11 Å². The van der Waals surface area contributed by atoms with E-state index in [2.05, 4.69) is 20.1 Å². The van der Waals surface area contributed by atoms with E-state index in [-0.39, 0.29) is 17.2 Å². The fourth-order valence-electron chi connectivity index (χ4n) is 4.77. The Bertz CT molecular complexity index is 1430. The number of aromatic hydroxyl groups is 1. The molecule has 0 bridgehead atoms. The quantitative estimate of drug-likeness (QED) is 0.360. The first-order valence-corrected chi connectivity index (χ1v) is 12.6. The Morgan fingerprint density at radius 3 is 2.49 bits per heavy atom. The number of aromatic amines is 1. The molecule has 0 spiro atoms. The highest BCUT2D eigenvalue weighted by Crippen LogP contribution is 2.33. The van der Waals surface area contributed by atoms with E-state index in [1.54, 1.807) is 28.8 Å². The van der Waals surface area contributed by atoms with Crippen molar-refractivity contribution >= 4 is 34.2 Å². The highest BCUT2D eigenvalue weighted by Gasteiger charge is 2.23. The van der Waals surface area contributed by atoms with E-state index in [0.717, 1.165) is 30.8 Å². The number of phenolic OH excluding ortho intramolecular Hbond substituents is 1. The molecule has 1 aliphatic heterocycles. The van der Waals surface area contributed by atoms with Gasteiger partial charge in [0.25, 0.3) is 5.56 Å². The maximum Gasteiger partial charge on any atom is 0.284 e. The van der Waals surface area contributed by atoms with Crippen molar-refractivity contribution in [3.63, 3.8) is 0 Å². The average Bonchev–Trinajstić information content (AvgIpc) is 3.48. The average molecular weight is 512 g/mol. The van der Waals surface area contributed by atoms with Gasteiger partial charge in [0.05, 0.1) is 21.4 Å². The molecule has 9 heteroatoms. The number of aromatic nitrogens is 4. The predicted octanol–water partition coefficient (Wildman–Crippen LogP) is 5.43. The lowest BCUT2D eigenvalue weighted by Crippen LogP contribution is -2.20. The molecule has 35 heavy (non-hydrogen) atoms. The monoisotopic (exact) mass is 511 g/mol. The van der Waals surface area contributed by atoms with Crippen molar-refractivity contribution in [2.75, 3.05) is 13.1 Å². The van der Waals surface area contributed by atoms with Crippen LogP contribution in [0.15, 0.2) is 41.2 Å². The van der Waals surface area contributed by atoms with Gasteiger partial charge in [-0.3, -0.25) is 19.4 Å². The number of halogens is 2. The van der Waals surface area contributed by atoms with Crippen LogP contribution in [0.4, 0.5) is 0 Å². The Morgan fingerprint density at radius 1 is 1.11 bits per heavy atom. The lowest BCUT2D eigenvalue weighted by molar-refractivity contribution is 0.324. The first kappa shape index (κ1) is 23.9. The molecular formula is C26H27Cl2N5O2. The molecule has 182 valence electrons. The molecule has 0 radical (unpaired) electrons. The number of nitrogens with zero attached hydrogens (tertiary/aromatic N) is 4. The first-order valence-electron chi connectivity index (χ1n) is 11.8. The lowest BCUT2D eigenvalue weighted by atomic mass is 10.1. The van der Waals surface area contributed by atoms with Crippen LogP contribution < -0.4 is 5.56 Å². The van der Waals surface area contributed by atoms with E-state index >= 15 is 0 Å². The summed E-state index contributed by atoms with van der Waals surface area (Å²) in [5.74, 6) is 0.714. The Labute approximate surface area is 213 Å². The highest BCUT2D eigenvalue weighted by atomic mass is 35.5. The van der Waals surface area contributed by atoms with E-state index in [1.807, 2.05) is 26.0 Å². The van der Waals surface area contributed by atoms with Crippen LogP contribution in [0.3, 0.4) is 0 Å². The molecule has 2 aromatic heterocycles. The number of benzene rings is 2. The molecule has 1 saturated heterocycles. The SMILES string of the molecule is CC(C)c1n[nH]c2c1c(=O)nc(Cc1ccc(CN3CCCC3)c(O)c1)n2-c1c(Cl)cccc1Cl. The summed E-state index contributed by atoms with van der Waals surface area (Å²) in [5, 5.41) is 19.4. The van der Waals surface area contributed by atoms with Crippen molar-refractivity contribution in [2.45, 2.75) is 45.6 Å². The number of nitrogens with one attached hydrogen (secondary N) is 1. The maximum atomic E-state index is 13.1. The van der Waals surface area contributed by atoms with Gasteiger partial charge in [-0.2, -0.15) is 10.1 Å². The second kappa shape index (κ2) is 9.64. The molecule has 2 N–H and O–H groups in total. The molecule has 1 aliphatic rings. The van der Waals surface area contributed by atoms with E-state index < -0.39 is 0 Å². The van der Waals surface area contributed by atoms with Crippen LogP contribution in [0.5, 0.6) is 5.75 Å². The topological polar surface area (TPSA) is 87.0 Å². The van der Waals surface area contributed by atoms with Crippen LogP contribution >= 0.6 is 23.2 Å². The summed E-state index contributed by atoms with van der Waals surface area (Å²) in [6.45, 7) is 6.78. The van der Waals surface area contributed by atoms with E-state index in [1.165, 1.54) is 12.8 Å². The molecule has 5 rings (SSSR count). The van der Waals surface area contributed by atoms with Gasteiger partial charge in [0.15, 0.2) is 0 Å². The third-order valence-corrected chi connectivity index (χ3v) is 7.12. The Kier molecular flexibility index (Phi) is 6.57. The molecule has 4 aromatic rings. The Morgan fingerprint density at radius 2 is 1.83 bits per heavy atom. The minimum absolute atomic E-state index is 0.0272. The van der Waals surface area contributed by atoms with Gasteiger partial charge in [0.2, 0.25) is 0 Å². The molecule has 0 amide bonds. The van der Waals surface area contributed by atoms with Gasteiger partial charge in [0.1, 0.15) is 22.6 Å². The summed E-state index contributed by atoms with van der Waals surface area (Å²) < 4.78 is 1.77. The smallest absolute Gasteiger partial charge is 0.284 e. The minimum atomic E-state index is -0.359. The van der Waals surface area contributed by atoms with Gasteiger partial charge >= 0.3 is 0 Å². The highest BCUT2D eigenvalue weighted by molar-refractivity contribution is 6.37. The molecule has 0 aliphatic carbocycles. The summed E-state index contributed by atoms with van der Waals surface area (Å²) in [6.07, 6.45) is 2.68. The third-order valence-electron chi connectivity index (χ3n) is 6.51. The summed E-state index contributed by atoms with van der Waals surface area (Å²) in [5.41, 5.74) is 3.01. The van der Waals surface area contributed by atoms with Crippen molar-refractivity contribution in [3.05, 3.63) is 79.4 Å². The molecule has 1 fully saturated rings. The van der Waals surface area contributed by atoms with Crippen LogP contribution in [0.1, 0.15) is 55.3 Å². The summed E-state index contributed by atoms with van der Waals surface area (Å²) in [4.78, 5) is 19.9. The van der Waals surface area contributed by atoms with E-state index in [9.17, 15) is 9.90 Å². The molecular weight excluding hydrogens is 485 g/mol. The third kappa shape index (κ3) is 4.56. The predicted molar refractivity (Wildman–Crippen MR) is 139 cm³/mol. The molecule has 0 unspecified atom stereocenters. The molecule has 3 heterocycles. The van der Waals surface area contributed by atoms with Gasteiger partial charge in [-0.25, -0.2) is 0 Å². The van der Waals surface area contributed by atoms with Crippen LogP contribution in [-0.2, 0) is 13.0 Å². The number of hydrogen-bond acceptors (Lipinski definition) is 5. The first-order chi connectivity index (χ1) is 16.8. The Hall–Kier alpha value is -2.87. The normalized spacial score (nSPS) is 14.4. The van der Waals surface area contributed by atoms with Crippen LogP contribution in [0.2, 0.25) is 10.0 Å². The number of para-hydroxylation sites is 1. The van der Waals surface area contributed by atoms with Gasteiger partial charge in [-0.15, -0.1) is 0 Å². The standard InChI is InChI=1S/C26H27Cl2N5O2/c1-15(2)23-22-25(31-30-23)33(24-18(27)6-5-7-19(24)28)21(29-26(22)35)13-16-8-9-17(20(34)12-16)14-32-10-3-4-11-32/h5-9,12,15,34H,3-4,10-11,13-14H2,1-2H3,(H,30,31). The summed E-state index contributed by atoms with van der Waals surface area (Å²) in [7, 11) is 0. The lowest BCUT2D eigenvalue weighted by Gasteiger charge is -2.18. The van der Waals surface area contributed by atoms with Crippen LogP contribution in [-0.4, -0.2) is 42.8 Å².